The van der Waals surface area contributed by atoms with Gasteiger partial charge in [-0.15, -0.1) is 0 Å². The molecule has 0 aromatic heterocycles. The number of carbonyl (C=O) groups excluding carboxylic acids is 2. The Labute approximate surface area is 300 Å². The van der Waals surface area contributed by atoms with Crippen molar-refractivity contribution < 1.29 is 56.8 Å². The summed E-state index contributed by atoms with van der Waals surface area (Å²) in [6.07, 6.45) is 18.4. The maximum absolute atomic E-state index is 12.7. The molecule has 1 rings (SSSR count). The number of aliphatic hydroxyl groups excluding tert-OH is 3. The van der Waals surface area contributed by atoms with Gasteiger partial charge >= 0.3 is 11.9 Å². The molecule has 12 nitrogen and oxygen atoms in total. The summed E-state index contributed by atoms with van der Waals surface area (Å²) in [4.78, 5) is 25.1. The van der Waals surface area contributed by atoms with E-state index in [-0.39, 0.29) is 19.4 Å². The molecule has 292 valence electrons. The molecule has 1 saturated heterocycles. The van der Waals surface area contributed by atoms with E-state index < -0.39 is 71.2 Å². The first-order valence-electron chi connectivity index (χ1n) is 18.9. The van der Waals surface area contributed by atoms with Gasteiger partial charge in [0.1, 0.15) is 36.8 Å². The van der Waals surface area contributed by atoms with E-state index in [2.05, 4.69) is 38.2 Å². The van der Waals surface area contributed by atoms with Gasteiger partial charge in [0.15, 0.2) is 12.4 Å². The van der Waals surface area contributed by atoms with Crippen LogP contribution in [0.4, 0.5) is 0 Å². The van der Waals surface area contributed by atoms with Crippen LogP contribution in [0.5, 0.6) is 0 Å². The maximum atomic E-state index is 12.7. The van der Waals surface area contributed by atoms with Crippen LogP contribution in [0.25, 0.3) is 0 Å². The van der Waals surface area contributed by atoms with E-state index in [4.69, 9.17) is 18.9 Å². The van der Waals surface area contributed by atoms with Crippen LogP contribution < -0.4 is 0 Å². The number of allylic oxidation sites excluding steroid dienone is 4. The molecule has 0 spiro atoms. The van der Waals surface area contributed by atoms with Crippen LogP contribution in [-0.2, 0) is 38.7 Å². The molecule has 0 aromatic rings. The molecule has 13 heteroatoms. The largest absolute Gasteiger partial charge is 0.462 e. The summed E-state index contributed by atoms with van der Waals surface area (Å²) in [7, 11) is -4.60. The van der Waals surface area contributed by atoms with Gasteiger partial charge in [-0.05, 0) is 44.9 Å². The standard InChI is InChI=1S/C37H66O12S/c1-3-5-7-9-11-12-13-14-15-16-17-18-20-22-24-26-33(39)48-30(27-46-32(38)25-23-21-19-10-8-6-4-2)28-47-37-36(42)35(41)34(40)31(49-37)29-50(43,44)45/h14-15,17-18,30-31,34-37,40-42H,3-13,16,19-29H2,1-2H3,(H,43,44,45)/b15-14+,18-17+/t30-,31-,34-,35?,36?,37+/m1/s1. The number of ether oxygens (including phenoxy) is 4. The number of hydrogen-bond donors (Lipinski definition) is 4. The normalized spacial score (nSPS) is 21.9. The van der Waals surface area contributed by atoms with Crippen molar-refractivity contribution in [2.24, 2.45) is 0 Å². The molecule has 0 amide bonds. The Morgan fingerprint density at radius 1 is 0.680 bits per heavy atom. The third-order valence-corrected chi connectivity index (χ3v) is 9.28. The van der Waals surface area contributed by atoms with E-state index in [1.807, 2.05) is 0 Å². The molecule has 1 aliphatic heterocycles. The van der Waals surface area contributed by atoms with Crippen molar-refractivity contribution in [3.05, 3.63) is 24.3 Å². The topological polar surface area (TPSA) is 186 Å². The molecule has 6 atom stereocenters. The van der Waals surface area contributed by atoms with Crippen molar-refractivity contribution >= 4 is 22.1 Å². The molecule has 0 saturated carbocycles. The second-order valence-corrected chi connectivity index (χ2v) is 14.7. The minimum absolute atomic E-state index is 0.123. The van der Waals surface area contributed by atoms with Crippen LogP contribution >= 0.6 is 0 Å². The smallest absolute Gasteiger partial charge is 0.306 e. The third-order valence-electron chi connectivity index (χ3n) is 8.53. The molecular weight excluding hydrogens is 668 g/mol. The molecular formula is C37H66O12S. The van der Waals surface area contributed by atoms with Crippen molar-refractivity contribution in [2.45, 2.75) is 179 Å². The quantitative estimate of drug-likeness (QED) is 0.0288. The van der Waals surface area contributed by atoms with Crippen molar-refractivity contribution in [1.82, 2.24) is 0 Å². The molecule has 2 unspecified atom stereocenters. The number of esters is 2. The first kappa shape index (κ1) is 46.2. The fourth-order valence-electron chi connectivity index (χ4n) is 5.53. The van der Waals surface area contributed by atoms with Crippen LogP contribution in [0.1, 0.15) is 142 Å². The lowest BCUT2D eigenvalue weighted by Crippen LogP contribution is -2.60. The summed E-state index contributed by atoms with van der Waals surface area (Å²) < 4.78 is 53.6. The Morgan fingerprint density at radius 2 is 1.20 bits per heavy atom. The Bertz CT molecular complexity index is 1050. The second kappa shape index (κ2) is 28.7. The van der Waals surface area contributed by atoms with Gasteiger partial charge in [0.05, 0.1) is 6.61 Å². The van der Waals surface area contributed by atoms with E-state index in [1.54, 1.807) is 0 Å². The summed E-state index contributed by atoms with van der Waals surface area (Å²) in [6.45, 7) is 3.64. The molecule has 0 aromatic carbocycles. The number of aliphatic hydroxyl groups is 3. The first-order chi connectivity index (χ1) is 24.0. The van der Waals surface area contributed by atoms with Crippen LogP contribution in [0.2, 0.25) is 0 Å². The van der Waals surface area contributed by atoms with Gasteiger partial charge in [-0.3, -0.25) is 14.1 Å². The lowest BCUT2D eigenvalue weighted by atomic mass is 10.00. The van der Waals surface area contributed by atoms with E-state index in [9.17, 15) is 37.9 Å². The van der Waals surface area contributed by atoms with Gasteiger partial charge in [0.2, 0.25) is 0 Å². The lowest BCUT2D eigenvalue weighted by Gasteiger charge is -2.40. The highest BCUT2D eigenvalue weighted by Gasteiger charge is 2.46. The molecule has 0 aliphatic carbocycles. The van der Waals surface area contributed by atoms with Crippen LogP contribution in [0.15, 0.2) is 24.3 Å². The lowest BCUT2D eigenvalue weighted by molar-refractivity contribution is -0.297. The van der Waals surface area contributed by atoms with Crippen molar-refractivity contribution in [2.75, 3.05) is 19.0 Å². The summed E-state index contributed by atoms with van der Waals surface area (Å²) in [5.41, 5.74) is 0. The van der Waals surface area contributed by atoms with Gasteiger partial charge in [0.25, 0.3) is 10.1 Å². The Morgan fingerprint density at radius 3 is 1.80 bits per heavy atom. The van der Waals surface area contributed by atoms with Gasteiger partial charge in [0, 0.05) is 12.8 Å². The van der Waals surface area contributed by atoms with Gasteiger partial charge < -0.3 is 34.3 Å². The van der Waals surface area contributed by atoms with E-state index in [0.717, 1.165) is 51.4 Å². The van der Waals surface area contributed by atoms with Gasteiger partial charge in [-0.2, -0.15) is 8.42 Å². The Balaban J connectivity index is 2.55. The minimum atomic E-state index is -4.60. The number of rotatable bonds is 30. The molecule has 4 N–H and O–H groups in total. The average Bonchev–Trinajstić information content (AvgIpc) is 3.07. The minimum Gasteiger partial charge on any atom is -0.462 e. The highest BCUT2D eigenvalue weighted by molar-refractivity contribution is 7.85. The Hall–Kier alpha value is -1.87. The SMILES string of the molecule is CCCCCCCC/C=C/C/C=C/CCCCC(=O)O[C@H](COC(=O)CCCCCCCCC)CO[C@H]1O[C@H](CS(=O)(=O)O)[C@@H](O)C(O)C1O. The average molecular weight is 735 g/mol. The van der Waals surface area contributed by atoms with Crippen LogP contribution in [-0.4, -0.2) is 96.0 Å². The monoisotopic (exact) mass is 734 g/mol. The highest BCUT2D eigenvalue weighted by Crippen LogP contribution is 2.24. The first-order valence-corrected chi connectivity index (χ1v) is 20.5. The number of carbonyl (C=O) groups is 2. The van der Waals surface area contributed by atoms with Crippen LogP contribution in [0.3, 0.4) is 0 Å². The van der Waals surface area contributed by atoms with Crippen molar-refractivity contribution in [3.8, 4) is 0 Å². The van der Waals surface area contributed by atoms with E-state index in [0.29, 0.717) is 12.8 Å². The summed E-state index contributed by atoms with van der Waals surface area (Å²) >= 11 is 0. The van der Waals surface area contributed by atoms with Gasteiger partial charge in [-0.25, -0.2) is 0 Å². The Kier molecular flexibility index (Phi) is 26.5. The predicted octanol–water partition coefficient (Wildman–Crippen LogP) is 6.11. The number of hydrogen-bond acceptors (Lipinski definition) is 11. The number of unbranched alkanes of at least 4 members (excludes halogenated alkanes) is 14. The summed E-state index contributed by atoms with van der Waals surface area (Å²) in [5, 5.41) is 30.7. The summed E-state index contributed by atoms with van der Waals surface area (Å²) in [5.74, 6) is -2.03. The highest BCUT2D eigenvalue weighted by atomic mass is 32.2. The zero-order valence-electron chi connectivity index (χ0n) is 30.5. The zero-order chi connectivity index (χ0) is 37.0. The molecule has 1 fully saturated rings. The molecule has 1 aliphatic rings. The third kappa shape index (κ3) is 23.6. The second-order valence-electron chi connectivity index (χ2n) is 13.2. The van der Waals surface area contributed by atoms with Gasteiger partial charge in [-0.1, -0.05) is 109 Å². The fraction of sp³-hybridized carbons (Fsp3) is 0.838. The zero-order valence-corrected chi connectivity index (χ0v) is 31.3. The molecule has 0 radical (unpaired) electrons. The van der Waals surface area contributed by atoms with Crippen LogP contribution in [0, 0.1) is 0 Å². The maximum Gasteiger partial charge on any atom is 0.306 e. The fourth-order valence-corrected chi connectivity index (χ4v) is 6.22. The van der Waals surface area contributed by atoms with E-state index >= 15 is 0 Å². The molecule has 50 heavy (non-hydrogen) atoms. The van der Waals surface area contributed by atoms with Crippen molar-refractivity contribution in [1.29, 1.82) is 0 Å². The summed E-state index contributed by atoms with van der Waals surface area (Å²) in [6, 6.07) is 0. The molecule has 1 heterocycles. The van der Waals surface area contributed by atoms with Crippen molar-refractivity contribution in [3.63, 3.8) is 0 Å². The predicted molar refractivity (Wildman–Crippen MR) is 192 cm³/mol. The molecule has 0 bridgehead atoms. The van der Waals surface area contributed by atoms with E-state index in [1.165, 1.54) is 51.4 Å².